The van der Waals surface area contributed by atoms with E-state index in [0.29, 0.717) is 23.8 Å². The van der Waals surface area contributed by atoms with Gasteiger partial charge in [-0.1, -0.05) is 6.07 Å². The maximum atomic E-state index is 14.2. The van der Waals surface area contributed by atoms with Crippen molar-refractivity contribution in [2.45, 2.75) is 44.9 Å². The minimum Gasteiger partial charge on any atom is -0.478 e. The molecule has 2 aromatic carbocycles. The quantitative estimate of drug-likeness (QED) is 0.309. The fourth-order valence-corrected chi connectivity index (χ4v) is 5.46. The van der Waals surface area contributed by atoms with E-state index in [1.165, 1.54) is 6.07 Å². The number of rotatable bonds is 9. The molecule has 6 rings (SSSR count). The SMILES string of the molecule is N#Cc1ccc(CNc2cncc(N3CCC(Cc4nc5ccc(C(=O)O)cc5n4C[C@@H]4CCO4)CC3)n2)c(F)c1. The smallest absolute Gasteiger partial charge is 0.335 e. The summed E-state index contributed by atoms with van der Waals surface area (Å²) in [6.45, 7) is 3.32. The standard InChI is InChI=1S/C30H30FN7O3/c31-24-11-20(14-32)1-2-22(24)15-34-27-16-33-17-29(36-27)37-8-5-19(6-9-37)12-28-35-25-4-3-21(30(39)40)13-26(25)38(28)18-23-7-10-41-23/h1-4,11,13,16-17,19,23H,5-10,12,15,18H2,(H,34,36)(H,39,40)/t23-/m0/s1. The second-order valence-electron chi connectivity index (χ2n) is 10.6. The molecule has 2 saturated heterocycles. The van der Waals surface area contributed by atoms with Crippen molar-refractivity contribution in [1.82, 2.24) is 19.5 Å². The van der Waals surface area contributed by atoms with Crippen LogP contribution in [0.5, 0.6) is 0 Å². The Bertz CT molecular complexity index is 1620. The van der Waals surface area contributed by atoms with Crippen molar-refractivity contribution in [3.8, 4) is 6.07 Å². The Labute approximate surface area is 236 Å². The lowest BCUT2D eigenvalue weighted by atomic mass is 9.93. The number of aromatic nitrogens is 4. The Morgan fingerprint density at radius 2 is 1.98 bits per heavy atom. The third kappa shape index (κ3) is 5.83. The number of carboxylic acid groups (broad SMARTS) is 1. The number of carbonyl (C=O) groups is 1. The lowest BCUT2D eigenvalue weighted by Crippen LogP contribution is -2.36. The molecule has 0 bridgehead atoms. The van der Waals surface area contributed by atoms with E-state index in [1.807, 2.05) is 6.07 Å². The van der Waals surface area contributed by atoms with E-state index in [9.17, 15) is 14.3 Å². The molecule has 1 atom stereocenters. The molecule has 4 heterocycles. The topological polar surface area (TPSA) is 129 Å². The van der Waals surface area contributed by atoms with Crippen molar-refractivity contribution in [3.63, 3.8) is 0 Å². The van der Waals surface area contributed by atoms with Crippen LogP contribution in [0.1, 0.15) is 46.6 Å². The van der Waals surface area contributed by atoms with Crippen molar-refractivity contribution >= 4 is 28.6 Å². The number of hydrogen-bond donors (Lipinski definition) is 2. The number of halogens is 1. The van der Waals surface area contributed by atoms with Crippen LogP contribution in [-0.2, 0) is 24.2 Å². The number of carboxylic acids is 1. The van der Waals surface area contributed by atoms with Gasteiger partial charge >= 0.3 is 5.97 Å². The van der Waals surface area contributed by atoms with E-state index in [-0.39, 0.29) is 23.8 Å². The highest BCUT2D eigenvalue weighted by molar-refractivity contribution is 5.92. The summed E-state index contributed by atoms with van der Waals surface area (Å²) >= 11 is 0. The Balaban J connectivity index is 1.10. The zero-order chi connectivity index (χ0) is 28.3. The Morgan fingerprint density at radius 3 is 2.68 bits per heavy atom. The van der Waals surface area contributed by atoms with Gasteiger partial charge in [-0.15, -0.1) is 0 Å². The first-order valence-corrected chi connectivity index (χ1v) is 13.8. The predicted octanol–water partition coefficient (Wildman–Crippen LogP) is 4.40. The number of fused-ring (bicyclic) bond motifs is 1. The van der Waals surface area contributed by atoms with Crippen LogP contribution in [0.15, 0.2) is 48.8 Å². The number of hydrogen-bond acceptors (Lipinski definition) is 8. The first kappa shape index (κ1) is 26.7. The molecule has 2 N–H and O–H groups in total. The zero-order valence-electron chi connectivity index (χ0n) is 22.5. The molecule has 2 fully saturated rings. The lowest BCUT2D eigenvalue weighted by molar-refractivity contribution is -0.0590. The second kappa shape index (κ2) is 11.5. The Hall–Kier alpha value is -4.56. The third-order valence-electron chi connectivity index (χ3n) is 7.93. The average molecular weight is 556 g/mol. The number of imidazole rings is 1. The summed E-state index contributed by atoms with van der Waals surface area (Å²) in [6.07, 6.45) is 7.21. The molecular formula is C30H30FN7O3. The number of nitrogens with one attached hydrogen (secondary N) is 1. The first-order chi connectivity index (χ1) is 20.0. The van der Waals surface area contributed by atoms with Gasteiger partial charge in [0.2, 0.25) is 0 Å². The van der Waals surface area contributed by atoms with Gasteiger partial charge < -0.3 is 24.6 Å². The molecular weight excluding hydrogens is 525 g/mol. The van der Waals surface area contributed by atoms with E-state index in [0.717, 1.165) is 68.1 Å². The number of benzene rings is 2. The molecule has 4 aromatic rings. The van der Waals surface area contributed by atoms with E-state index in [2.05, 4.69) is 19.8 Å². The summed E-state index contributed by atoms with van der Waals surface area (Å²) < 4.78 is 22.1. The number of nitrogens with zero attached hydrogens (tertiary/aromatic N) is 6. The molecule has 0 unspecified atom stereocenters. The summed E-state index contributed by atoms with van der Waals surface area (Å²) in [5.41, 5.74) is 2.64. The van der Waals surface area contributed by atoms with Gasteiger partial charge in [0.1, 0.15) is 23.3 Å². The van der Waals surface area contributed by atoms with Crippen LogP contribution in [0.25, 0.3) is 11.0 Å². The number of ether oxygens (including phenoxy) is 1. The van der Waals surface area contributed by atoms with Gasteiger partial charge in [-0.05, 0) is 55.5 Å². The Morgan fingerprint density at radius 1 is 1.15 bits per heavy atom. The summed E-state index contributed by atoms with van der Waals surface area (Å²) in [4.78, 5) is 27.7. The highest BCUT2D eigenvalue weighted by Gasteiger charge is 2.26. The van der Waals surface area contributed by atoms with Crippen LogP contribution in [0.3, 0.4) is 0 Å². The van der Waals surface area contributed by atoms with Crippen LogP contribution in [0.2, 0.25) is 0 Å². The van der Waals surface area contributed by atoms with Gasteiger partial charge in [-0.25, -0.2) is 19.2 Å². The maximum Gasteiger partial charge on any atom is 0.335 e. The molecule has 10 nitrogen and oxygen atoms in total. The highest BCUT2D eigenvalue weighted by Crippen LogP contribution is 2.28. The third-order valence-corrected chi connectivity index (χ3v) is 7.93. The molecule has 2 aromatic heterocycles. The second-order valence-corrected chi connectivity index (χ2v) is 10.6. The normalized spacial score (nSPS) is 17.3. The number of anilines is 2. The molecule has 41 heavy (non-hydrogen) atoms. The minimum absolute atomic E-state index is 0.134. The summed E-state index contributed by atoms with van der Waals surface area (Å²) in [5, 5.41) is 21.6. The number of piperidine rings is 1. The van der Waals surface area contributed by atoms with Gasteiger partial charge in [0.25, 0.3) is 0 Å². The molecule has 210 valence electrons. The minimum atomic E-state index is -0.947. The van der Waals surface area contributed by atoms with E-state index >= 15 is 0 Å². The van der Waals surface area contributed by atoms with Crippen LogP contribution in [0.4, 0.5) is 16.0 Å². The molecule has 2 aliphatic rings. The van der Waals surface area contributed by atoms with Crippen LogP contribution in [-0.4, -0.2) is 56.4 Å². The molecule has 0 radical (unpaired) electrons. The van der Waals surface area contributed by atoms with Crippen molar-refractivity contribution in [1.29, 1.82) is 5.26 Å². The summed E-state index contributed by atoms with van der Waals surface area (Å²) in [6, 6.07) is 11.5. The molecule has 0 aliphatic carbocycles. The molecule has 0 spiro atoms. The lowest BCUT2D eigenvalue weighted by Gasteiger charge is -2.33. The van der Waals surface area contributed by atoms with E-state index in [4.69, 9.17) is 20.0 Å². The van der Waals surface area contributed by atoms with Gasteiger partial charge in [0.15, 0.2) is 0 Å². The van der Waals surface area contributed by atoms with Crippen LogP contribution >= 0.6 is 0 Å². The molecule has 0 amide bonds. The largest absolute Gasteiger partial charge is 0.478 e. The Kier molecular flexibility index (Phi) is 7.48. The van der Waals surface area contributed by atoms with Crippen molar-refractivity contribution < 1.29 is 19.0 Å². The van der Waals surface area contributed by atoms with Crippen LogP contribution in [0, 0.1) is 23.1 Å². The molecule has 0 saturated carbocycles. The van der Waals surface area contributed by atoms with Crippen molar-refractivity contribution in [2.24, 2.45) is 5.92 Å². The zero-order valence-corrected chi connectivity index (χ0v) is 22.5. The maximum absolute atomic E-state index is 14.2. The number of aromatic carboxylic acids is 1. The fraction of sp³-hybridized carbons (Fsp3) is 0.367. The summed E-state index contributed by atoms with van der Waals surface area (Å²) in [5.74, 6) is 1.34. The van der Waals surface area contributed by atoms with Gasteiger partial charge in [-0.3, -0.25) is 4.98 Å². The monoisotopic (exact) mass is 555 g/mol. The van der Waals surface area contributed by atoms with Gasteiger partial charge in [-0.2, -0.15) is 5.26 Å². The van der Waals surface area contributed by atoms with E-state index in [1.54, 1.807) is 42.7 Å². The average Bonchev–Trinajstić information content (AvgIpc) is 3.30. The van der Waals surface area contributed by atoms with Crippen molar-refractivity contribution in [2.75, 3.05) is 29.9 Å². The predicted molar refractivity (Wildman–Crippen MR) is 150 cm³/mol. The highest BCUT2D eigenvalue weighted by atomic mass is 19.1. The molecule has 11 heteroatoms. The van der Waals surface area contributed by atoms with Crippen LogP contribution < -0.4 is 10.2 Å². The molecule has 2 aliphatic heterocycles. The number of nitriles is 1. The first-order valence-electron chi connectivity index (χ1n) is 13.8. The fourth-order valence-electron chi connectivity index (χ4n) is 5.46. The summed E-state index contributed by atoms with van der Waals surface area (Å²) in [7, 11) is 0. The van der Waals surface area contributed by atoms with Crippen molar-refractivity contribution in [3.05, 3.63) is 77.1 Å². The van der Waals surface area contributed by atoms with Gasteiger partial charge in [0.05, 0.1) is 53.3 Å². The van der Waals surface area contributed by atoms with Gasteiger partial charge in [0, 0.05) is 38.2 Å². The van der Waals surface area contributed by atoms with E-state index < -0.39 is 11.8 Å².